The third-order valence-corrected chi connectivity index (χ3v) is 3.81. The molecular weight excluding hydrogens is 317 g/mol. The van der Waals surface area contributed by atoms with Crippen LogP contribution in [-0.2, 0) is 6.42 Å². The Kier molecular flexibility index (Phi) is 4.41. The Morgan fingerprint density at radius 1 is 1.17 bits per heavy atom. The highest BCUT2D eigenvalue weighted by molar-refractivity contribution is 6.31. The van der Waals surface area contributed by atoms with E-state index in [9.17, 15) is 4.39 Å². The van der Waals surface area contributed by atoms with E-state index >= 15 is 0 Å². The lowest BCUT2D eigenvalue weighted by molar-refractivity contribution is 0.351. The lowest BCUT2D eigenvalue weighted by atomic mass is 10.0. The molecule has 2 aromatic carbocycles. The first-order valence-electron chi connectivity index (χ1n) is 7.13. The molecule has 0 amide bonds. The number of halogens is 2. The molecule has 1 atom stereocenters. The van der Waals surface area contributed by atoms with Crippen molar-refractivity contribution in [2.24, 2.45) is 5.73 Å². The van der Waals surface area contributed by atoms with E-state index in [2.05, 4.69) is 10.1 Å². The molecule has 0 aliphatic rings. The predicted molar refractivity (Wildman–Crippen MR) is 86.5 cm³/mol. The Labute approximate surface area is 138 Å². The fourth-order valence-corrected chi connectivity index (χ4v) is 2.49. The number of aryl methyl sites for hydroxylation is 1. The summed E-state index contributed by atoms with van der Waals surface area (Å²) in [7, 11) is 0. The molecule has 0 aliphatic carbocycles. The van der Waals surface area contributed by atoms with Crippen LogP contribution in [0.3, 0.4) is 0 Å². The van der Waals surface area contributed by atoms with Crippen molar-refractivity contribution in [3.63, 3.8) is 0 Å². The highest BCUT2D eigenvalue weighted by Crippen LogP contribution is 2.25. The van der Waals surface area contributed by atoms with Gasteiger partial charge in [0.05, 0.1) is 11.1 Å². The molecule has 0 spiro atoms. The fraction of sp³-hybridized carbons (Fsp3) is 0.176. The summed E-state index contributed by atoms with van der Waals surface area (Å²) in [6, 6.07) is 12.2. The van der Waals surface area contributed by atoms with Crippen molar-refractivity contribution in [2.45, 2.75) is 19.4 Å². The average molecular weight is 332 g/mol. The molecular formula is C17H15ClFN3O. The van der Waals surface area contributed by atoms with Gasteiger partial charge in [0.25, 0.3) is 0 Å². The standard InChI is InChI=1S/C17H15ClFN3O/c1-10-21-17(23-22-10)16(20)8-11-2-4-12(5-3-11)13-6-7-15(19)14(18)9-13/h2-7,9,16H,8,20H2,1H3. The summed E-state index contributed by atoms with van der Waals surface area (Å²) in [5.74, 6) is 0.573. The zero-order chi connectivity index (χ0) is 16.4. The molecule has 118 valence electrons. The number of aromatic nitrogens is 2. The van der Waals surface area contributed by atoms with Gasteiger partial charge in [0.1, 0.15) is 5.82 Å². The summed E-state index contributed by atoms with van der Waals surface area (Å²) < 4.78 is 18.3. The Morgan fingerprint density at radius 3 is 2.48 bits per heavy atom. The zero-order valence-corrected chi connectivity index (χ0v) is 13.2. The van der Waals surface area contributed by atoms with Crippen molar-refractivity contribution in [3.05, 3.63) is 70.6 Å². The van der Waals surface area contributed by atoms with E-state index in [1.165, 1.54) is 6.07 Å². The van der Waals surface area contributed by atoms with E-state index in [1.807, 2.05) is 24.3 Å². The second-order valence-corrected chi connectivity index (χ2v) is 5.72. The van der Waals surface area contributed by atoms with Crippen molar-refractivity contribution in [3.8, 4) is 11.1 Å². The summed E-state index contributed by atoms with van der Waals surface area (Å²) in [6.45, 7) is 1.75. The van der Waals surface area contributed by atoms with E-state index in [0.29, 0.717) is 18.1 Å². The van der Waals surface area contributed by atoms with E-state index in [0.717, 1.165) is 16.7 Å². The predicted octanol–water partition coefficient (Wildman–Crippen LogP) is 4.08. The molecule has 1 heterocycles. The van der Waals surface area contributed by atoms with Crippen LogP contribution in [0.25, 0.3) is 11.1 Å². The highest BCUT2D eigenvalue weighted by Gasteiger charge is 2.14. The molecule has 3 rings (SSSR count). The minimum absolute atomic E-state index is 0.111. The molecule has 6 heteroatoms. The number of hydrogen-bond acceptors (Lipinski definition) is 4. The Morgan fingerprint density at radius 2 is 1.87 bits per heavy atom. The average Bonchev–Trinajstić information content (AvgIpc) is 2.97. The van der Waals surface area contributed by atoms with Crippen LogP contribution in [-0.4, -0.2) is 10.1 Å². The third kappa shape index (κ3) is 3.57. The molecule has 2 N–H and O–H groups in total. The first-order valence-corrected chi connectivity index (χ1v) is 7.51. The summed E-state index contributed by atoms with van der Waals surface area (Å²) >= 11 is 5.82. The summed E-state index contributed by atoms with van der Waals surface area (Å²) in [4.78, 5) is 4.14. The van der Waals surface area contributed by atoms with E-state index in [4.69, 9.17) is 21.9 Å². The second kappa shape index (κ2) is 6.48. The van der Waals surface area contributed by atoms with Crippen molar-refractivity contribution in [1.29, 1.82) is 0 Å². The van der Waals surface area contributed by atoms with Gasteiger partial charge in [-0.1, -0.05) is 47.1 Å². The maximum Gasteiger partial charge on any atom is 0.243 e. The highest BCUT2D eigenvalue weighted by atomic mass is 35.5. The number of rotatable bonds is 4. The van der Waals surface area contributed by atoms with Crippen molar-refractivity contribution >= 4 is 11.6 Å². The lowest BCUT2D eigenvalue weighted by Crippen LogP contribution is -2.13. The first-order chi connectivity index (χ1) is 11.0. The minimum Gasteiger partial charge on any atom is -0.338 e. The summed E-state index contributed by atoms with van der Waals surface area (Å²) in [6.07, 6.45) is 0.589. The van der Waals surface area contributed by atoms with E-state index in [-0.39, 0.29) is 11.1 Å². The maximum atomic E-state index is 13.2. The normalized spacial score (nSPS) is 12.3. The molecule has 0 saturated carbocycles. The van der Waals surface area contributed by atoms with Gasteiger partial charge in [-0.05, 0) is 42.2 Å². The van der Waals surface area contributed by atoms with Gasteiger partial charge in [0.2, 0.25) is 5.89 Å². The Bertz CT molecular complexity index is 817. The first kappa shape index (κ1) is 15.6. The van der Waals surface area contributed by atoms with Crippen LogP contribution in [0.1, 0.15) is 23.3 Å². The van der Waals surface area contributed by atoms with Crippen LogP contribution in [0.15, 0.2) is 47.0 Å². The molecule has 0 saturated heterocycles. The van der Waals surface area contributed by atoms with Crippen LogP contribution in [0, 0.1) is 12.7 Å². The van der Waals surface area contributed by atoms with Gasteiger partial charge in [-0.15, -0.1) is 0 Å². The molecule has 0 fully saturated rings. The number of hydrogen-bond donors (Lipinski definition) is 1. The van der Waals surface area contributed by atoms with Gasteiger partial charge in [-0.2, -0.15) is 4.98 Å². The van der Waals surface area contributed by atoms with E-state index in [1.54, 1.807) is 19.1 Å². The van der Waals surface area contributed by atoms with Gasteiger partial charge < -0.3 is 10.3 Å². The number of nitrogens with zero attached hydrogens (tertiary/aromatic N) is 2. The van der Waals surface area contributed by atoms with E-state index < -0.39 is 5.82 Å². The molecule has 0 aliphatic heterocycles. The van der Waals surface area contributed by atoms with Crippen LogP contribution in [0.2, 0.25) is 5.02 Å². The number of nitrogens with two attached hydrogens (primary N) is 1. The lowest BCUT2D eigenvalue weighted by Gasteiger charge is -2.08. The molecule has 0 bridgehead atoms. The van der Waals surface area contributed by atoms with Gasteiger partial charge >= 0.3 is 0 Å². The van der Waals surface area contributed by atoms with Crippen LogP contribution in [0.5, 0.6) is 0 Å². The molecule has 3 aromatic rings. The molecule has 1 unspecified atom stereocenters. The second-order valence-electron chi connectivity index (χ2n) is 5.32. The molecule has 0 radical (unpaired) electrons. The largest absolute Gasteiger partial charge is 0.338 e. The monoisotopic (exact) mass is 331 g/mol. The Hall–Kier alpha value is -2.24. The maximum absolute atomic E-state index is 13.2. The minimum atomic E-state index is -0.423. The van der Waals surface area contributed by atoms with Gasteiger partial charge in [-0.25, -0.2) is 4.39 Å². The number of benzene rings is 2. The molecule has 1 aromatic heterocycles. The van der Waals surface area contributed by atoms with Crippen molar-refractivity contribution in [2.75, 3.05) is 0 Å². The summed E-state index contributed by atoms with van der Waals surface area (Å²) in [5, 5.41) is 3.85. The Balaban J connectivity index is 1.75. The van der Waals surface area contributed by atoms with Crippen LogP contribution < -0.4 is 5.73 Å². The van der Waals surface area contributed by atoms with Crippen LogP contribution >= 0.6 is 11.6 Å². The fourth-order valence-electron chi connectivity index (χ4n) is 2.31. The topological polar surface area (TPSA) is 64.9 Å². The van der Waals surface area contributed by atoms with Gasteiger partial charge in [-0.3, -0.25) is 0 Å². The molecule has 4 nitrogen and oxygen atoms in total. The third-order valence-electron chi connectivity index (χ3n) is 3.52. The van der Waals surface area contributed by atoms with Gasteiger partial charge in [0.15, 0.2) is 5.82 Å². The zero-order valence-electron chi connectivity index (χ0n) is 12.5. The molecule has 23 heavy (non-hydrogen) atoms. The quantitative estimate of drug-likeness (QED) is 0.782. The van der Waals surface area contributed by atoms with Crippen molar-refractivity contribution in [1.82, 2.24) is 10.1 Å². The van der Waals surface area contributed by atoms with Gasteiger partial charge in [0, 0.05) is 0 Å². The smallest absolute Gasteiger partial charge is 0.243 e. The van der Waals surface area contributed by atoms with Crippen LogP contribution in [0.4, 0.5) is 4.39 Å². The summed E-state index contributed by atoms with van der Waals surface area (Å²) in [5.41, 5.74) is 8.93. The SMILES string of the molecule is Cc1noc(C(N)Cc2ccc(-c3ccc(F)c(Cl)c3)cc2)n1. The van der Waals surface area contributed by atoms with Crippen molar-refractivity contribution < 1.29 is 8.91 Å².